The van der Waals surface area contributed by atoms with Crippen LogP contribution in [0.25, 0.3) is 0 Å². The molecule has 0 aromatic heterocycles. The summed E-state index contributed by atoms with van der Waals surface area (Å²) in [5, 5.41) is 7.31. The number of hydrogen-bond donors (Lipinski definition) is 2. The molecule has 2 N–H and O–H groups in total. The van der Waals surface area contributed by atoms with Crippen LogP contribution >= 0.6 is 15.9 Å². The Morgan fingerprint density at radius 2 is 1.48 bits per heavy atom. The van der Waals surface area contributed by atoms with Crippen molar-refractivity contribution in [2.24, 2.45) is 5.10 Å². The first-order valence-corrected chi connectivity index (χ1v) is 8.51. The van der Waals surface area contributed by atoms with Crippen LogP contribution in [0.3, 0.4) is 0 Å². The minimum absolute atomic E-state index is 0.244. The Bertz CT molecular complexity index is 860. The van der Waals surface area contributed by atoms with Crippen molar-refractivity contribution >= 4 is 39.4 Å². The van der Waals surface area contributed by atoms with Gasteiger partial charge in [-0.25, -0.2) is 5.43 Å². The zero-order valence-electron chi connectivity index (χ0n) is 13.3. The van der Waals surface area contributed by atoms with Gasteiger partial charge >= 0.3 is 0 Å². The highest BCUT2D eigenvalue weighted by Gasteiger charge is 2.02. The molecule has 0 aliphatic carbocycles. The second-order valence-corrected chi connectivity index (χ2v) is 6.23. The summed E-state index contributed by atoms with van der Waals surface area (Å²) in [6, 6.07) is 24.9. The van der Waals surface area contributed by atoms with Gasteiger partial charge in [-0.1, -0.05) is 46.3 Å². The molecule has 0 aliphatic rings. The lowest BCUT2D eigenvalue weighted by atomic mass is 10.2. The lowest BCUT2D eigenvalue weighted by Gasteiger charge is -2.06. The maximum Gasteiger partial charge on any atom is 0.271 e. The second-order valence-electron chi connectivity index (χ2n) is 5.32. The predicted octanol–water partition coefficient (Wildman–Crippen LogP) is 4.96. The van der Waals surface area contributed by atoms with Crippen molar-refractivity contribution in [2.45, 2.75) is 0 Å². The Kier molecular flexibility index (Phi) is 5.59. The normalized spacial score (nSPS) is 10.6. The number of para-hydroxylation sites is 1. The Labute approximate surface area is 154 Å². The second kappa shape index (κ2) is 8.26. The SMILES string of the molecule is O=C(N/N=C/c1ccc(Nc2ccccc2)cc1)c1ccc(Br)cc1. The number of carbonyl (C=O) groups is 1. The first-order chi connectivity index (χ1) is 12.2. The monoisotopic (exact) mass is 393 g/mol. The molecule has 0 bridgehead atoms. The molecule has 0 aliphatic heterocycles. The van der Waals surface area contributed by atoms with E-state index in [1.807, 2.05) is 66.7 Å². The van der Waals surface area contributed by atoms with E-state index in [0.29, 0.717) is 5.56 Å². The topological polar surface area (TPSA) is 53.5 Å². The number of nitrogens with zero attached hydrogens (tertiary/aromatic N) is 1. The van der Waals surface area contributed by atoms with Crippen molar-refractivity contribution < 1.29 is 4.79 Å². The molecular weight excluding hydrogens is 378 g/mol. The van der Waals surface area contributed by atoms with E-state index in [2.05, 4.69) is 31.8 Å². The van der Waals surface area contributed by atoms with Crippen molar-refractivity contribution in [3.8, 4) is 0 Å². The van der Waals surface area contributed by atoms with Crippen LogP contribution in [0.2, 0.25) is 0 Å². The van der Waals surface area contributed by atoms with Gasteiger partial charge in [0.15, 0.2) is 0 Å². The van der Waals surface area contributed by atoms with Gasteiger partial charge in [-0.3, -0.25) is 4.79 Å². The fourth-order valence-corrected chi connectivity index (χ4v) is 2.44. The average Bonchev–Trinajstić information content (AvgIpc) is 2.64. The molecule has 0 radical (unpaired) electrons. The fraction of sp³-hybridized carbons (Fsp3) is 0. The molecule has 0 atom stereocenters. The third-order valence-electron chi connectivity index (χ3n) is 3.46. The lowest BCUT2D eigenvalue weighted by molar-refractivity contribution is 0.0955. The highest BCUT2D eigenvalue weighted by molar-refractivity contribution is 9.10. The Morgan fingerprint density at radius 3 is 2.16 bits per heavy atom. The maximum absolute atomic E-state index is 12.0. The summed E-state index contributed by atoms with van der Waals surface area (Å²) in [6.07, 6.45) is 1.61. The van der Waals surface area contributed by atoms with Crippen LogP contribution < -0.4 is 10.7 Å². The van der Waals surface area contributed by atoms with Crippen molar-refractivity contribution in [3.63, 3.8) is 0 Å². The van der Waals surface area contributed by atoms with E-state index in [9.17, 15) is 4.79 Å². The molecule has 0 unspecified atom stereocenters. The molecule has 1 amide bonds. The zero-order chi connectivity index (χ0) is 17.5. The average molecular weight is 394 g/mol. The van der Waals surface area contributed by atoms with Crippen molar-refractivity contribution in [1.29, 1.82) is 0 Å². The summed E-state index contributed by atoms with van der Waals surface area (Å²) in [6.45, 7) is 0. The highest BCUT2D eigenvalue weighted by atomic mass is 79.9. The van der Waals surface area contributed by atoms with Gasteiger partial charge in [0.1, 0.15) is 0 Å². The summed E-state index contributed by atoms with van der Waals surface area (Å²) in [4.78, 5) is 12.0. The van der Waals surface area contributed by atoms with E-state index >= 15 is 0 Å². The maximum atomic E-state index is 12.0. The standard InChI is InChI=1S/C20H16BrN3O/c21-17-10-8-16(9-11-17)20(25)24-22-14-15-6-12-19(13-7-15)23-18-4-2-1-3-5-18/h1-14,23H,(H,24,25)/b22-14+. The Hall–Kier alpha value is -2.92. The van der Waals surface area contributed by atoms with E-state index in [4.69, 9.17) is 0 Å². The minimum atomic E-state index is -0.244. The van der Waals surface area contributed by atoms with E-state index in [-0.39, 0.29) is 5.91 Å². The summed E-state index contributed by atoms with van der Waals surface area (Å²) < 4.78 is 0.928. The number of halogens is 1. The molecule has 0 saturated carbocycles. The molecule has 5 heteroatoms. The van der Waals surface area contributed by atoms with Crippen LogP contribution in [0.4, 0.5) is 11.4 Å². The van der Waals surface area contributed by atoms with E-state index in [1.54, 1.807) is 18.3 Å². The van der Waals surface area contributed by atoms with E-state index < -0.39 is 0 Å². The molecule has 124 valence electrons. The van der Waals surface area contributed by atoms with Gasteiger partial charge in [-0.05, 0) is 54.1 Å². The van der Waals surface area contributed by atoms with Crippen molar-refractivity contribution in [2.75, 3.05) is 5.32 Å². The highest BCUT2D eigenvalue weighted by Crippen LogP contribution is 2.16. The van der Waals surface area contributed by atoms with Crippen LogP contribution in [-0.2, 0) is 0 Å². The van der Waals surface area contributed by atoms with Crippen LogP contribution in [0.5, 0.6) is 0 Å². The first kappa shape index (κ1) is 16.9. The Morgan fingerprint density at radius 1 is 0.840 bits per heavy atom. The van der Waals surface area contributed by atoms with Crippen molar-refractivity contribution in [1.82, 2.24) is 5.43 Å². The molecular formula is C20H16BrN3O. The number of anilines is 2. The molecule has 4 nitrogen and oxygen atoms in total. The molecule has 3 aromatic carbocycles. The molecule has 0 fully saturated rings. The third-order valence-corrected chi connectivity index (χ3v) is 3.99. The number of benzene rings is 3. The first-order valence-electron chi connectivity index (χ1n) is 7.72. The summed E-state index contributed by atoms with van der Waals surface area (Å²) >= 11 is 3.34. The van der Waals surface area contributed by atoms with Gasteiger partial charge in [-0.15, -0.1) is 0 Å². The van der Waals surface area contributed by atoms with Gasteiger partial charge in [0.05, 0.1) is 6.21 Å². The molecule has 0 spiro atoms. The fourth-order valence-electron chi connectivity index (χ4n) is 2.17. The summed E-state index contributed by atoms with van der Waals surface area (Å²) in [7, 11) is 0. The quantitative estimate of drug-likeness (QED) is 0.475. The Balaban J connectivity index is 1.56. The van der Waals surface area contributed by atoms with Crippen LogP contribution in [0.1, 0.15) is 15.9 Å². The molecule has 3 aromatic rings. The van der Waals surface area contributed by atoms with E-state index in [1.165, 1.54) is 0 Å². The largest absolute Gasteiger partial charge is 0.356 e. The number of hydrazone groups is 1. The van der Waals surface area contributed by atoms with Gasteiger partial charge in [-0.2, -0.15) is 5.10 Å². The van der Waals surface area contributed by atoms with Crippen LogP contribution in [0, 0.1) is 0 Å². The van der Waals surface area contributed by atoms with Gasteiger partial charge in [0.25, 0.3) is 5.91 Å². The van der Waals surface area contributed by atoms with Gasteiger partial charge in [0, 0.05) is 21.4 Å². The number of hydrogen-bond acceptors (Lipinski definition) is 3. The van der Waals surface area contributed by atoms with Crippen LogP contribution in [0.15, 0.2) is 88.4 Å². The van der Waals surface area contributed by atoms with E-state index in [0.717, 1.165) is 21.4 Å². The molecule has 0 saturated heterocycles. The number of nitrogens with one attached hydrogen (secondary N) is 2. The number of rotatable bonds is 5. The molecule has 3 rings (SSSR count). The summed E-state index contributed by atoms with van der Waals surface area (Å²) in [5.74, 6) is -0.244. The number of amides is 1. The van der Waals surface area contributed by atoms with Gasteiger partial charge in [0.2, 0.25) is 0 Å². The molecule has 0 heterocycles. The minimum Gasteiger partial charge on any atom is -0.356 e. The van der Waals surface area contributed by atoms with Crippen molar-refractivity contribution in [3.05, 3.63) is 94.5 Å². The number of carbonyl (C=O) groups excluding carboxylic acids is 1. The smallest absolute Gasteiger partial charge is 0.271 e. The predicted molar refractivity (Wildman–Crippen MR) is 105 cm³/mol. The molecule has 25 heavy (non-hydrogen) atoms. The summed E-state index contributed by atoms with van der Waals surface area (Å²) in [5.41, 5.74) is 6.00. The zero-order valence-corrected chi connectivity index (χ0v) is 14.9. The van der Waals surface area contributed by atoms with Crippen LogP contribution in [-0.4, -0.2) is 12.1 Å². The third kappa shape index (κ3) is 5.02. The van der Waals surface area contributed by atoms with Gasteiger partial charge < -0.3 is 5.32 Å². The lowest BCUT2D eigenvalue weighted by Crippen LogP contribution is -2.17.